The van der Waals surface area contributed by atoms with Crippen LogP contribution in [0.25, 0.3) is 0 Å². The van der Waals surface area contributed by atoms with Gasteiger partial charge in [0.2, 0.25) is 0 Å². The molecule has 20 heavy (non-hydrogen) atoms. The summed E-state index contributed by atoms with van der Waals surface area (Å²) in [5.41, 5.74) is 1.20. The molecule has 3 heterocycles. The van der Waals surface area contributed by atoms with Crippen LogP contribution in [0.2, 0.25) is 0 Å². The van der Waals surface area contributed by atoms with Crippen LogP contribution in [0.15, 0.2) is 24.5 Å². The molecule has 1 saturated heterocycles. The molecule has 0 unspecified atom stereocenters. The number of nitrogens with one attached hydrogen (secondary N) is 1. The number of rotatable bonds is 5. The quantitative estimate of drug-likeness (QED) is 0.920. The van der Waals surface area contributed by atoms with Crippen molar-refractivity contribution in [2.24, 2.45) is 13.0 Å². The van der Waals surface area contributed by atoms with E-state index in [9.17, 15) is 0 Å². The lowest BCUT2D eigenvalue weighted by molar-refractivity contribution is 0.0904. The molecule has 3 rings (SSSR count). The fourth-order valence-corrected chi connectivity index (χ4v) is 3.62. The van der Waals surface area contributed by atoms with Crippen LogP contribution in [0.4, 0.5) is 0 Å². The Kier molecular flexibility index (Phi) is 4.19. The minimum Gasteiger partial charge on any atom is -0.373 e. The molecule has 2 aromatic rings. The van der Waals surface area contributed by atoms with Crippen molar-refractivity contribution in [2.75, 3.05) is 13.2 Å². The van der Waals surface area contributed by atoms with Crippen LogP contribution in [0.5, 0.6) is 0 Å². The van der Waals surface area contributed by atoms with Crippen molar-refractivity contribution in [1.82, 2.24) is 15.1 Å². The van der Waals surface area contributed by atoms with Crippen molar-refractivity contribution < 1.29 is 4.74 Å². The highest BCUT2D eigenvalue weighted by atomic mass is 32.1. The Bertz CT molecular complexity index is 563. The molecule has 4 nitrogen and oxygen atoms in total. The van der Waals surface area contributed by atoms with Gasteiger partial charge in [-0.3, -0.25) is 4.68 Å². The smallest absolute Gasteiger partial charge is 0.0896 e. The molecule has 1 aliphatic rings. The Balaban J connectivity index is 1.54. The summed E-state index contributed by atoms with van der Waals surface area (Å²) in [6.45, 7) is 4.95. The van der Waals surface area contributed by atoms with E-state index in [4.69, 9.17) is 4.74 Å². The summed E-state index contributed by atoms with van der Waals surface area (Å²) < 4.78 is 7.72. The zero-order valence-electron chi connectivity index (χ0n) is 12.0. The second-order valence-corrected chi connectivity index (χ2v) is 6.80. The first-order chi connectivity index (χ1) is 9.72. The predicted octanol–water partition coefficient (Wildman–Crippen LogP) is 2.66. The van der Waals surface area contributed by atoms with Gasteiger partial charge in [-0.15, -0.1) is 11.3 Å². The lowest BCUT2D eigenvalue weighted by Gasteiger charge is -2.17. The average molecular weight is 291 g/mol. The summed E-state index contributed by atoms with van der Waals surface area (Å²) in [6, 6.07) is 4.38. The SMILES string of the molecule is Cc1ccc(CNC[C@@H]2CCO[C@@H]2c2cnn(C)c2)s1. The van der Waals surface area contributed by atoms with E-state index in [1.165, 1.54) is 15.3 Å². The maximum Gasteiger partial charge on any atom is 0.0896 e. The van der Waals surface area contributed by atoms with Crippen molar-refractivity contribution in [3.8, 4) is 0 Å². The normalized spacial score (nSPS) is 22.5. The maximum absolute atomic E-state index is 5.88. The molecule has 0 radical (unpaired) electrons. The van der Waals surface area contributed by atoms with Crippen molar-refractivity contribution in [1.29, 1.82) is 0 Å². The number of nitrogens with zero attached hydrogens (tertiary/aromatic N) is 2. The van der Waals surface area contributed by atoms with Crippen LogP contribution >= 0.6 is 11.3 Å². The van der Waals surface area contributed by atoms with Crippen LogP contribution in [0.3, 0.4) is 0 Å². The molecule has 1 N–H and O–H groups in total. The third-order valence-electron chi connectivity index (χ3n) is 3.77. The van der Waals surface area contributed by atoms with Gasteiger partial charge in [0.1, 0.15) is 0 Å². The molecule has 2 atom stereocenters. The van der Waals surface area contributed by atoms with E-state index < -0.39 is 0 Å². The van der Waals surface area contributed by atoms with Gasteiger partial charge in [-0.25, -0.2) is 0 Å². The molecular formula is C15H21N3OS. The van der Waals surface area contributed by atoms with E-state index >= 15 is 0 Å². The third-order valence-corrected chi connectivity index (χ3v) is 4.77. The topological polar surface area (TPSA) is 39.1 Å². The monoisotopic (exact) mass is 291 g/mol. The molecule has 2 aromatic heterocycles. The molecular weight excluding hydrogens is 270 g/mol. The Labute approximate surface area is 123 Å². The first-order valence-electron chi connectivity index (χ1n) is 7.08. The van der Waals surface area contributed by atoms with Gasteiger partial charge in [-0.2, -0.15) is 5.10 Å². The van der Waals surface area contributed by atoms with Crippen molar-refractivity contribution in [3.63, 3.8) is 0 Å². The highest BCUT2D eigenvalue weighted by Gasteiger charge is 2.30. The van der Waals surface area contributed by atoms with Gasteiger partial charge in [-0.05, 0) is 25.5 Å². The molecule has 0 aromatic carbocycles. The number of aryl methyl sites for hydroxylation is 2. The van der Waals surface area contributed by atoms with Gasteiger partial charge in [0, 0.05) is 54.2 Å². The van der Waals surface area contributed by atoms with Gasteiger partial charge in [0.15, 0.2) is 0 Å². The predicted molar refractivity (Wildman–Crippen MR) is 80.8 cm³/mol. The minimum absolute atomic E-state index is 0.196. The third kappa shape index (κ3) is 3.11. The standard InChI is InChI=1S/C15H21N3OS/c1-11-3-4-14(20-11)9-16-7-12-5-6-19-15(12)13-8-17-18(2)10-13/h3-4,8,10,12,15-16H,5-7,9H2,1-2H3/t12-,15-/m0/s1. The number of ether oxygens (including phenoxy) is 1. The largest absolute Gasteiger partial charge is 0.373 e. The fraction of sp³-hybridized carbons (Fsp3) is 0.533. The van der Waals surface area contributed by atoms with Crippen molar-refractivity contribution in [2.45, 2.75) is 26.0 Å². The van der Waals surface area contributed by atoms with Crippen molar-refractivity contribution in [3.05, 3.63) is 39.8 Å². The van der Waals surface area contributed by atoms with Crippen molar-refractivity contribution >= 4 is 11.3 Å². The number of thiophene rings is 1. The highest BCUT2D eigenvalue weighted by molar-refractivity contribution is 7.11. The summed E-state index contributed by atoms with van der Waals surface area (Å²) in [5, 5.41) is 7.81. The zero-order valence-corrected chi connectivity index (χ0v) is 12.8. The zero-order chi connectivity index (χ0) is 13.9. The van der Waals surface area contributed by atoms with E-state index in [0.29, 0.717) is 5.92 Å². The summed E-state index contributed by atoms with van der Waals surface area (Å²) in [6.07, 6.45) is 5.30. The maximum atomic E-state index is 5.88. The molecule has 0 amide bonds. The minimum atomic E-state index is 0.196. The van der Waals surface area contributed by atoms with Crippen LogP contribution in [0.1, 0.15) is 27.8 Å². The summed E-state index contributed by atoms with van der Waals surface area (Å²) in [5.74, 6) is 0.542. The molecule has 5 heteroatoms. The summed E-state index contributed by atoms with van der Waals surface area (Å²) in [4.78, 5) is 2.78. The lowest BCUT2D eigenvalue weighted by atomic mass is 9.97. The van der Waals surface area contributed by atoms with Gasteiger partial charge in [0.25, 0.3) is 0 Å². The second kappa shape index (κ2) is 6.08. The van der Waals surface area contributed by atoms with Crippen LogP contribution < -0.4 is 5.32 Å². The molecule has 1 aliphatic heterocycles. The van der Waals surface area contributed by atoms with Gasteiger partial charge >= 0.3 is 0 Å². The molecule has 1 fully saturated rings. The fourth-order valence-electron chi connectivity index (χ4n) is 2.76. The summed E-state index contributed by atoms with van der Waals surface area (Å²) >= 11 is 1.86. The van der Waals surface area contributed by atoms with Gasteiger partial charge in [-0.1, -0.05) is 0 Å². The lowest BCUT2D eigenvalue weighted by Crippen LogP contribution is -2.24. The van der Waals surface area contributed by atoms with E-state index in [1.54, 1.807) is 0 Å². The second-order valence-electron chi connectivity index (χ2n) is 5.43. The molecule has 0 bridgehead atoms. The molecule has 0 aliphatic carbocycles. The Morgan fingerprint density at radius 3 is 3.10 bits per heavy atom. The number of hydrogen-bond donors (Lipinski definition) is 1. The molecule has 108 valence electrons. The van der Waals surface area contributed by atoms with Crippen LogP contribution in [-0.4, -0.2) is 22.9 Å². The Hall–Kier alpha value is -1.17. The van der Waals surface area contributed by atoms with E-state index in [2.05, 4.69) is 35.7 Å². The average Bonchev–Trinajstić information content (AvgIpc) is 3.11. The first kappa shape index (κ1) is 13.8. The molecule has 0 saturated carbocycles. The van der Waals surface area contributed by atoms with Crippen LogP contribution in [-0.2, 0) is 18.3 Å². The van der Waals surface area contributed by atoms with E-state index in [-0.39, 0.29) is 6.10 Å². The molecule has 0 spiro atoms. The number of hydrogen-bond acceptors (Lipinski definition) is 4. The first-order valence-corrected chi connectivity index (χ1v) is 7.90. The highest BCUT2D eigenvalue weighted by Crippen LogP contribution is 2.33. The van der Waals surface area contributed by atoms with E-state index in [1.807, 2.05) is 29.3 Å². The van der Waals surface area contributed by atoms with Crippen LogP contribution in [0, 0.1) is 12.8 Å². The summed E-state index contributed by atoms with van der Waals surface area (Å²) in [7, 11) is 1.95. The Morgan fingerprint density at radius 2 is 2.40 bits per heavy atom. The Morgan fingerprint density at radius 1 is 1.50 bits per heavy atom. The van der Waals surface area contributed by atoms with E-state index in [0.717, 1.165) is 26.1 Å². The van der Waals surface area contributed by atoms with Gasteiger partial charge < -0.3 is 10.1 Å². The number of aromatic nitrogens is 2. The van der Waals surface area contributed by atoms with Gasteiger partial charge in [0.05, 0.1) is 12.3 Å².